The fourth-order valence-electron chi connectivity index (χ4n) is 9.71. The van der Waals surface area contributed by atoms with Gasteiger partial charge in [0.1, 0.15) is 47.1 Å². The molecule has 0 heterocycles. The Morgan fingerprint density at radius 2 is 0.661 bits per heavy atom. The van der Waals surface area contributed by atoms with Gasteiger partial charge in [0.05, 0.1) is 6.61 Å². The van der Waals surface area contributed by atoms with Crippen LogP contribution in [0.25, 0.3) is 0 Å². The molecule has 14 nitrogen and oxygen atoms in total. The first-order valence-corrected chi connectivity index (χ1v) is 46.9. The Morgan fingerprint density at radius 1 is 0.363 bits per heavy atom. The standard InChI is InChI=1S/C11H16.C8H15NO.C8H16O2.C8H14O2.C8H18.C7H10O.7C6H12O.C6H14.C6H12.C6H10/c1-10(2)8-9-11-6-4-3-5-7-11;1-4-5-9-8(10)6-7(2)3;2*1-4-5-10-8(9)6-7(2)3;1-7(2)6-8(3,4)5;1-4-7(8)5-6(2)3;7*1-5(2)4-6(3)7;3*1-4-5-6(2)3/h3-7,10H,8-9H2,1-2H3;4,7H,1,5-6H2,2-3H3,(H,9,10);7H,4-6H2,1-3H3;4,7H,1,5-6H2,2-3H3;7H,6H2,1-5H3;1,6H,5H2,2-3H3;7*5H,4H2,1-3H3;6H,4-5H2,1-3H3;4,6H,1,5H2,2-3H3;1,6H,5H2,2-3H3. The number of terminal acetylenes is 2. The van der Waals surface area contributed by atoms with Crippen molar-refractivity contribution in [3.05, 3.63) is 73.9 Å². The Morgan fingerprint density at radius 3 is 0.806 bits per heavy atom. The zero-order chi connectivity index (χ0) is 101. The molecule has 0 radical (unpaired) electrons. The fourth-order valence-corrected chi connectivity index (χ4v) is 9.71. The van der Waals surface area contributed by atoms with E-state index in [1.54, 1.807) is 60.6 Å². The van der Waals surface area contributed by atoms with Gasteiger partial charge in [-0.15, -0.1) is 31.9 Å². The van der Waals surface area contributed by atoms with Crippen molar-refractivity contribution in [1.29, 1.82) is 0 Å². The summed E-state index contributed by atoms with van der Waals surface area (Å²) in [6.07, 6.45) is 31.7. The number of hydrogen-bond donors (Lipinski definition) is 1. The van der Waals surface area contributed by atoms with Crippen LogP contribution in [0.3, 0.4) is 0 Å². The Kier molecular flexibility index (Phi) is 135. The number of aryl methyl sites for hydroxylation is 1. The van der Waals surface area contributed by atoms with Crippen LogP contribution in [-0.2, 0) is 68.6 Å². The Balaban J connectivity index is -0.0000000789. The molecular weight excluding hydrogens is 1540 g/mol. The largest absolute Gasteiger partial charge is 0.466 e. The third-order valence-corrected chi connectivity index (χ3v) is 13.5. The van der Waals surface area contributed by atoms with Crippen molar-refractivity contribution in [2.24, 2.45) is 100 Å². The minimum absolute atomic E-state index is 0.0724. The smallest absolute Gasteiger partial charge is 0.306 e. The summed E-state index contributed by atoms with van der Waals surface area (Å²) in [6.45, 7) is 101. The first-order valence-electron chi connectivity index (χ1n) is 46.9. The van der Waals surface area contributed by atoms with Gasteiger partial charge in [0.25, 0.3) is 0 Å². The molecule has 0 atom stereocenters. The molecule has 0 saturated heterocycles. The summed E-state index contributed by atoms with van der Waals surface area (Å²) in [6, 6.07) is 10.7. The van der Waals surface area contributed by atoms with Crippen molar-refractivity contribution in [1.82, 2.24) is 5.32 Å². The average molecular weight is 1750 g/mol. The number of carbonyl (C=O) groups excluding carboxylic acids is 11. The van der Waals surface area contributed by atoms with Crippen molar-refractivity contribution >= 4 is 64.1 Å². The molecule has 124 heavy (non-hydrogen) atoms. The van der Waals surface area contributed by atoms with Gasteiger partial charge in [0, 0.05) is 83.6 Å². The lowest BCUT2D eigenvalue weighted by Gasteiger charge is -2.19. The predicted molar refractivity (Wildman–Crippen MR) is 544 cm³/mol. The van der Waals surface area contributed by atoms with Gasteiger partial charge in [0.15, 0.2) is 0 Å². The monoisotopic (exact) mass is 1750 g/mol. The summed E-state index contributed by atoms with van der Waals surface area (Å²) in [5.74, 6) is 15.7. The van der Waals surface area contributed by atoms with E-state index in [2.05, 4.69) is 164 Å². The zero-order valence-electron chi connectivity index (χ0n) is 90.0. The summed E-state index contributed by atoms with van der Waals surface area (Å²) in [7, 11) is 0. The normalized spacial score (nSPS) is 9.82. The third-order valence-electron chi connectivity index (χ3n) is 13.5. The van der Waals surface area contributed by atoms with Crippen molar-refractivity contribution < 1.29 is 62.2 Å². The van der Waals surface area contributed by atoms with E-state index >= 15 is 0 Å². The SMILES string of the molecule is C#CC(=O)CC(C)C.C#CCC(C)C.C=CCC(C)C.C=CCNC(=O)CC(C)C.C=CCOC(=O)CC(C)C.CC(=O)CC(C)C.CC(=O)CC(C)C.CC(=O)CC(C)C.CC(=O)CC(C)C.CC(=O)CC(C)C.CC(=O)CC(C)C.CC(=O)CC(C)C.CC(C)CC(C)(C)C.CC(C)CCc1ccccc1.CCCC(C)C.CCCOC(=O)CC(C)C. The fraction of sp³-hybridized carbons (Fsp3) is 0.755. The molecule has 0 aliphatic carbocycles. The quantitative estimate of drug-likeness (QED) is 0.0284. The number of ether oxygens (including phenoxy) is 2. The number of esters is 2. The maximum Gasteiger partial charge on any atom is 0.306 e. The number of allylic oxidation sites excluding steroid dienone is 1. The molecule has 1 aromatic carbocycles. The molecule has 14 heteroatoms. The second kappa shape index (κ2) is 111. The molecule has 0 unspecified atom stereocenters. The van der Waals surface area contributed by atoms with Gasteiger partial charge < -0.3 is 48.4 Å². The number of rotatable bonds is 37. The summed E-state index contributed by atoms with van der Waals surface area (Å²) < 4.78 is 9.61. The summed E-state index contributed by atoms with van der Waals surface area (Å²) in [5, 5.41) is 2.71. The van der Waals surface area contributed by atoms with Crippen LogP contribution >= 0.6 is 0 Å². The van der Waals surface area contributed by atoms with E-state index in [4.69, 9.17) is 22.3 Å². The number of nitrogens with one attached hydrogen (secondary N) is 1. The molecule has 0 saturated carbocycles. The second-order valence-electron chi connectivity index (χ2n) is 39.8. The zero-order valence-corrected chi connectivity index (χ0v) is 90.0. The van der Waals surface area contributed by atoms with E-state index in [0.717, 1.165) is 87.9 Å². The van der Waals surface area contributed by atoms with E-state index in [-0.39, 0.29) is 64.1 Å². The van der Waals surface area contributed by atoms with Gasteiger partial charge in [0.2, 0.25) is 11.7 Å². The Hall–Kier alpha value is -6.67. The van der Waals surface area contributed by atoms with Gasteiger partial charge in [-0.05, 0) is 192 Å². The first kappa shape index (κ1) is 152. The number of ketones is 8. The molecule has 1 amide bonds. The van der Waals surface area contributed by atoms with Gasteiger partial charge >= 0.3 is 11.9 Å². The van der Waals surface area contributed by atoms with E-state index < -0.39 is 0 Å². The minimum Gasteiger partial charge on any atom is -0.466 e. The maximum absolute atomic E-state index is 10.9. The lowest BCUT2D eigenvalue weighted by Crippen LogP contribution is -2.24. The lowest BCUT2D eigenvalue weighted by molar-refractivity contribution is -0.145. The number of benzene rings is 1. The number of amides is 1. The van der Waals surface area contributed by atoms with Crippen LogP contribution in [-0.4, -0.2) is 83.9 Å². The molecule has 0 aliphatic heterocycles. The highest BCUT2D eigenvalue weighted by Crippen LogP contribution is 2.23. The van der Waals surface area contributed by atoms with Gasteiger partial charge in [-0.3, -0.25) is 19.2 Å². The number of hydrogen-bond acceptors (Lipinski definition) is 13. The van der Waals surface area contributed by atoms with Gasteiger partial charge in [-0.25, -0.2) is 0 Å². The third kappa shape index (κ3) is 246. The molecule has 0 spiro atoms. The van der Waals surface area contributed by atoms with Crippen molar-refractivity contribution in [2.45, 2.75) is 427 Å². The van der Waals surface area contributed by atoms with Gasteiger partial charge in [-0.1, -0.05) is 324 Å². The van der Waals surface area contributed by atoms with E-state index in [1.807, 2.05) is 165 Å². The maximum atomic E-state index is 10.9. The van der Waals surface area contributed by atoms with Crippen molar-refractivity contribution in [2.75, 3.05) is 19.8 Å². The Bertz CT molecular complexity index is 2480. The van der Waals surface area contributed by atoms with Crippen LogP contribution in [0, 0.1) is 125 Å². The number of carbonyl (C=O) groups is 11. The highest BCUT2D eigenvalue weighted by atomic mass is 16.5. The molecule has 0 fully saturated rings. The summed E-state index contributed by atoms with van der Waals surface area (Å²) in [4.78, 5) is 115. The minimum atomic E-state index is -0.144. The average Bonchev–Trinajstić information content (AvgIpc) is 0.964. The van der Waals surface area contributed by atoms with Crippen LogP contribution in [0.1, 0.15) is 426 Å². The van der Waals surface area contributed by atoms with Crippen molar-refractivity contribution in [3.8, 4) is 24.7 Å². The highest BCUT2D eigenvalue weighted by molar-refractivity contribution is 5.94. The van der Waals surface area contributed by atoms with Crippen LogP contribution in [0.2, 0.25) is 0 Å². The van der Waals surface area contributed by atoms with E-state index in [0.29, 0.717) is 122 Å². The first-order chi connectivity index (χ1) is 56.6. The molecule has 1 rings (SSSR count). The van der Waals surface area contributed by atoms with Gasteiger partial charge in [-0.2, -0.15) is 0 Å². The van der Waals surface area contributed by atoms with Crippen molar-refractivity contribution in [3.63, 3.8) is 0 Å². The molecule has 1 aromatic rings. The number of Topliss-reactive ketones (excluding diaryl/α,β-unsaturated/α-hetero) is 8. The molecular formula is C110H209NO13. The lowest BCUT2D eigenvalue weighted by atomic mass is 9.86. The van der Waals surface area contributed by atoms with Crippen LogP contribution in [0.15, 0.2) is 68.3 Å². The summed E-state index contributed by atoms with van der Waals surface area (Å²) in [5.41, 5.74) is 1.98. The van der Waals surface area contributed by atoms with Crippen LogP contribution < -0.4 is 5.32 Å². The summed E-state index contributed by atoms with van der Waals surface area (Å²) >= 11 is 0. The predicted octanol–water partition coefficient (Wildman–Crippen LogP) is 30.3. The molecule has 0 aliphatic rings. The highest BCUT2D eigenvalue weighted by Gasteiger charge is 2.12. The molecule has 0 aromatic heterocycles. The molecule has 0 bridgehead atoms. The van der Waals surface area contributed by atoms with E-state index in [9.17, 15) is 52.7 Å². The Labute approximate surface area is 772 Å². The van der Waals surface area contributed by atoms with Crippen LogP contribution in [0.5, 0.6) is 0 Å². The molecule has 732 valence electrons. The van der Waals surface area contributed by atoms with E-state index in [1.165, 1.54) is 37.7 Å². The second-order valence-corrected chi connectivity index (χ2v) is 39.8. The topological polar surface area (TPSA) is 218 Å². The molecule has 1 N–H and O–H groups in total. The van der Waals surface area contributed by atoms with Crippen LogP contribution in [0.4, 0.5) is 0 Å².